The molecule has 1 aliphatic heterocycles. The molecule has 2 heterocycles. The van der Waals surface area contributed by atoms with Gasteiger partial charge >= 0.3 is 0 Å². The first-order valence-corrected chi connectivity index (χ1v) is 15.3. The summed E-state index contributed by atoms with van der Waals surface area (Å²) in [6, 6.07) is -0.194. The fraction of sp³-hybridized carbons (Fsp3) is 0.667. The number of hydrogen-bond acceptors (Lipinski definition) is 3. The molecule has 38 heavy (non-hydrogen) atoms. The molecule has 5 heteroatoms. The van der Waals surface area contributed by atoms with Crippen LogP contribution in [0.1, 0.15) is 121 Å². The van der Waals surface area contributed by atoms with Crippen LogP contribution in [0, 0.1) is 11.8 Å². The van der Waals surface area contributed by atoms with E-state index >= 15 is 0 Å². The molecule has 5 unspecified atom stereocenters. The van der Waals surface area contributed by atoms with E-state index in [9.17, 15) is 4.39 Å². The van der Waals surface area contributed by atoms with Crippen molar-refractivity contribution >= 4 is 5.70 Å². The first kappa shape index (κ1) is 30.4. The van der Waals surface area contributed by atoms with Crippen molar-refractivity contribution in [2.24, 2.45) is 11.8 Å². The molecule has 212 valence electrons. The minimum Gasteiger partial charge on any atom is -0.396 e. The summed E-state index contributed by atoms with van der Waals surface area (Å²) in [7, 11) is 0. The van der Waals surface area contributed by atoms with Crippen LogP contribution in [0.2, 0.25) is 0 Å². The van der Waals surface area contributed by atoms with Gasteiger partial charge in [-0.25, -0.2) is 4.39 Å². The van der Waals surface area contributed by atoms with Crippen LogP contribution < -0.4 is 5.32 Å². The lowest BCUT2D eigenvalue weighted by Gasteiger charge is -2.28. The zero-order chi connectivity index (χ0) is 27.3. The molecular weight excluding hydrogens is 473 g/mol. The molecule has 0 aromatic carbocycles. The number of rotatable bonds is 14. The number of allylic oxidation sites excluding steroid dienone is 6. The third-order valence-electron chi connectivity index (χ3n) is 8.59. The number of aliphatic hydroxyl groups is 1. The number of H-pyrrole nitrogens is 1. The second-order valence-corrected chi connectivity index (χ2v) is 11.5. The van der Waals surface area contributed by atoms with E-state index in [1.54, 1.807) is 5.57 Å². The van der Waals surface area contributed by atoms with Gasteiger partial charge in [0.1, 0.15) is 11.9 Å². The Labute approximate surface area is 231 Å². The van der Waals surface area contributed by atoms with Crippen molar-refractivity contribution in [2.75, 3.05) is 6.61 Å². The number of aliphatic hydroxyl groups excluding tert-OH is 1. The lowest BCUT2D eigenvalue weighted by molar-refractivity contribution is 0.270. The van der Waals surface area contributed by atoms with E-state index in [4.69, 9.17) is 5.11 Å². The minimum atomic E-state index is -0.846. The number of hydrogen-bond donors (Lipinski definition) is 3. The van der Waals surface area contributed by atoms with Crippen molar-refractivity contribution in [3.63, 3.8) is 0 Å². The van der Waals surface area contributed by atoms with E-state index in [0.717, 1.165) is 56.3 Å². The standard InChI is InChI=1S/C33H52FN3O/c1-5-7-13-27(14-10-8-9-11-21-38)26(6-2)22-29-16-12-15-28(18-17-24(29)3)30-23-35-37-33(30)32-20-19-31(34)25(4)36-32/h12-13,16,20,23,25-26,28-29,31,36,38H,3,5-11,14-15,17-19,21-22H2,1-2,4H3,(H,35,37)/b16-12+,27-13+. The molecule has 4 nitrogen and oxygen atoms in total. The van der Waals surface area contributed by atoms with Crippen LogP contribution >= 0.6 is 0 Å². The van der Waals surface area contributed by atoms with Crippen molar-refractivity contribution in [3.8, 4) is 0 Å². The fourth-order valence-corrected chi connectivity index (χ4v) is 6.04. The first-order valence-electron chi connectivity index (χ1n) is 15.3. The molecular formula is C33H52FN3O. The Morgan fingerprint density at radius 2 is 2.05 bits per heavy atom. The third kappa shape index (κ3) is 8.69. The van der Waals surface area contributed by atoms with Crippen molar-refractivity contribution < 1.29 is 9.50 Å². The van der Waals surface area contributed by atoms with Crippen LogP contribution in [-0.4, -0.2) is 34.1 Å². The lowest BCUT2D eigenvalue weighted by atomic mass is 9.77. The molecule has 2 aliphatic rings. The van der Waals surface area contributed by atoms with Gasteiger partial charge in [-0.15, -0.1) is 0 Å². The lowest BCUT2D eigenvalue weighted by Crippen LogP contribution is -2.37. The molecule has 1 aromatic heterocycles. The largest absolute Gasteiger partial charge is 0.396 e. The Bertz CT molecular complexity index is 946. The van der Waals surface area contributed by atoms with Gasteiger partial charge in [-0.05, 0) is 82.5 Å². The molecule has 5 atom stereocenters. The number of nitrogens with zero attached hydrogens (tertiary/aromatic N) is 1. The zero-order valence-corrected chi connectivity index (χ0v) is 24.2. The monoisotopic (exact) mass is 525 g/mol. The predicted molar refractivity (Wildman–Crippen MR) is 159 cm³/mol. The molecule has 0 saturated heterocycles. The molecule has 0 bridgehead atoms. The van der Waals surface area contributed by atoms with Gasteiger partial charge in [0, 0.05) is 24.8 Å². The Balaban J connectivity index is 1.66. The number of aromatic amines is 1. The number of alkyl halides is 1. The Morgan fingerprint density at radius 1 is 1.24 bits per heavy atom. The average molecular weight is 526 g/mol. The van der Waals surface area contributed by atoms with Crippen LogP contribution in [0.5, 0.6) is 0 Å². The Morgan fingerprint density at radius 3 is 2.79 bits per heavy atom. The van der Waals surface area contributed by atoms with Crippen LogP contribution in [0.4, 0.5) is 4.39 Å². The molecule has 1 aliphatic carbocycles. The molecule has 3 N–H and O–H groups in total. The number of aromatic nitrogens is 2. The topological polar surface area (TPSA) is 60.9 Å². The highest BCUT2D eigenvalue weighted by atomic mass is 19.1. The summed E-state index contributed by atoms with van der Waals surface area (Å²) in [5.74, 6) is 1.40. The minimum absolute atomic E-state index is 0.194. The highest BCUT2D eigenvalue weighted by Crippen LogP contribution is 2.38. The predicted octanol–water partition coefficient (Wildman–Crippen LogP) is 8.55. The van der Waals surface area contributed by atoms with Crippen LogP contribution in [0.3, 0.4) is 0 Å². The van der Waals surface area contributed by atoms with Crippen molar-refractivity contribution in [1.29, 1.82) is 0 Å². The number of unbranched alkanes of at least 4 members (excludes halogenated alkanes) is 4. The average Bonchev–Trinajstić information content (AvgIpc) is 3.40. The number of halogens is 1. The summed E-state index contributed by atoms with van der Waals surface area (Å²) in [4.78, 5) is 0. The van der Waals surface area contributed by atoms with Crippen LogP contribution in [0.15, 0.2) is 48.2 Å². The molecule has 0 fully saturated rings. The van der Waals surface area contributed by atoms with Gasteiger partial charge in [-0.1, -0.05) is 75.1 Å². The van der Waals surface area contributed by atoms with Crippen LogP contribution in [-0.2, 0) is 0 Å². The van der Waals surface area contributed by atoms with Crippen molar-refractivity contribution in [3.05, 3.63) is 59.5 Å². The maximum atomic E-state index is 14.0. The fourth-order valence-electron chi connectivity index (χ4n) is 6.04. The van der Waals surface area contributed by atoms with Gasteiger partial charge in [0.05, 0.1) is 11.7 Å². The van der Waals surface area contributed by atoms with E-state index < -0.39 is 6.17 Å². The van der Waals surface area contributed by atoms with E-state index in [1.807, 2.05) is 19.2 Å². The van der Waals surface area contributed by atoms with Crippen molar-refractivity contribution in [1.82, 2.24) is 15.5 Å². The Hall–Kier alpha value is -2.14. The summed E-state index contributed by atoms with van der Waals surface area (Å²) >= 11 is 0. The van der Waals surface area contributed by atoms with Gasteiger partial charge in [-0.3, -0.25) is 5.10 Å². The summed E-state index contributed by atoms with van der Waals surface area (Å²) in [5, 5.41) is 20.0. The van der Waals surface area contributed by atoms with Gasteiger partial charge in [0.25, 0.3) is 0 Å². The summed E-state index contributed by atoms with van der Waals surface area (Å²) < 4.78 is 14.0. The molecule has 0 saturated carbocycles. The normalized spacial score (nSPS) is 26.3. The maximum Gasteiger partial charge on any atom is 0.123 e. The molecule has 0 radical (unpaired) electrons. The first-order chi connectivity index (χ1) is 18.5. The summed E-state index contributed by atoms with van der Waals surface area (Å²) in [5.41, 5.74) is 6.11. The van der Waals surface area contributed by atoms with Gasteiger partial charge < -0.3 is 10.4 Å². The molecule has 3 rings (SSSR count). The summed E-state index contributed by atoms with van der Waals surface area (Å²) in [6.07, 6.45) is 24.3. The zero-order valence-electron chi connectivity index (χ0n) is 24.2. The smallest absolute Gasteiger partial charge is 0.123 e. The van der Waals surface area contributed by atoms with E-state index in [1.165, 1.54) is 43.2 Å². The highest BCUT2D eigenvalue weighted by Gasteiger charge is 2.27. The van der Waals surface area contributed by atoms with E-state index in [-0.39, 0.29) is 6.04 Å². The van der Waals surface area contributed by atoms with Crippen molar-refractivity contribution in [2.45, 2.75) is 122 Å². The maximum absolute atomic E-state index is 14.0. The van der Waals surface area contributed by atoms with Gasteiger partial charge in [0.15, 0.2) is 0 Å². The van der Waals surface area contributed by atoms with Gasteiger partial charge in [0.2, 0.25) is 0 Å². The third-order valence-corrected chi connectivity index (χ3v) is 8.59. The summed E-state index contributed by atoms with van der Waals surface area (Å²) in [6.45, 7) is 11.4. The van der Waals surface area contributed by atoms with E-state index in [2.05, 4.69) is 54.2 Å². The Kier molecular flexibility index (Phi) is 12.9. The second kappa shape index (κ2) is 16.1. The SMILES string of the molecule is C=C1CCC(c2c[nH]nc2C2=CCC(F)C(C)N2)C/C=C/C1CC(CC)/C(=C/CCC)CCCCCCO. The van der Waals surface area contributed by atoms with Crippen LogP contribution in [0.25, 0.3) is 5.70 Å². The molecule has 0 spiro atoms. The molecule has 1 aromatic rings. The quantitative estimate of drug-likeness (QED) is 0.168. The van der Waals surface area contributed by atoms with E-state index in [0.29, 0.717) is 30.8 Å². The van der Waals surface area contributed by atoms with Gasteiger partial charge in [-0.2, -0.15) is 5.10 Å². The second-order valence-electron chi connectivity index (χ2n) is 11.5. The highest BCUT2D eigenvalue weighted by molar-refractivity contribution is 5.65. The number of nitrogens with one attached hydrogen (secondary N) is 2. The molecule has 0 amide bonds.